The summed E-state index contributed by atoms with van der Waals surface area (Å²) in [6.45, 7) is 5.97. The van der Waals surface area contributed by atoms with Gasteiger partial charge in [0.25, 0.3) is 0 Å². The zero-order chi connectivity index (χ0) is 11.9. The summed E-state index contributed by atoms with van der Waals surface area (Å²) in [5.41, 5.74) is -0.528. The van der Waals surface area contributed by atoms with Gasteiger partial charge in [0, 0.05) is 0 Å². The highest BCUT2D eigenvalue weighted by molar-refractivity contribution is 5.70. The van der Waals surface area contributed by atoms with Gasteiger partial charge in [-0.2, -0.15) is 5.26 Å². The Morgan fingerprint density at radius 2 is 2.25 bits per heavy atom. The van der Waals surface area contributed by atoms with E-state index in [0.717, 1.165) is 6.42 Å². The largest absolute Gasteiger partial charge is 0.444 e. The summed E-state index contributed by atoms with van der Waals surface area (Å²) >= 11 is 0. The summed E-state index contributed by atoms with van der Waals surface area (Å²) in [5.74, 6) is 0. The van der Waals surface area contributed by atoms with Gasteiger partial charge in [-0.15, -0.1) is 0 Å². The van der Waals surface area contributed by atoms with E-state index in [-0.39, 0.29) is 12.1 Å². The molecule has 2 rings (SSSR count). The molecule has 0 N–H and O–H groups in total. The Morgan fingerprint density at radius 3 is 2.81 bits per heavy atom. The van der Waals surface area contributed by atoms with Crippen LogP contribution in [0.2, 0.25) is 0 Å². The summed E-state index contributed by atoms with van der Waals surface area (Å²) in [4.78, 5) is 13.4. The quantitative estimate of drug-likeness (QED) is 0.622. The Labute approximate surface area is 94.9 Å². The van der Waals surface area contributed by atoms with Gasteiger partial charge in [-0.3, -0.25) is 4.90 Å². The average Bonchev–Trinajstić information content (AvgIpc) is 2.72. The Balaban J connectivity index is 2.09. The number of hydrogen-bond donors (Lipinski definition) is 0. The van der Waals surface area contributed by atoms with Gasteiger partial charge >= 0.3 is 6.09 Å². The first-order valence-electron chi connectivity index (χ1n) is 5.45. The molecule has 0 radical (unpaired) electrons. The van der Waals surface area contributed by atoms with Crippen molar-refractivity contribution in [1.29, 1.82) is 5.26 Å². The number of carbonyl (C=O) groups excluding carboxylic acids is 1. The van der Waals surface area contributed by atoms with Crippen molar-refractivity contribution in [2.75, 3.05) is 6.61 Å². The molecule has 0 aliphatic carbocycles. The molecule has 2 fully saturated rings. The van der Waals surface area contributed by atoms with E-state index in [9.17, 15) is 4.79 Å². The van der Waals surface area contributed by atoms with Gasteiger partial charge < -0.3 is 9.47 Å². The Bertz CT molecular complexity index is 342. The van der Waals surface area contributed by atoms with Crippen LogP contribution in [-0.4, -0.2) is 41.4 Å². The lowest BCUT2D eigenvalue weighted by atomic mass is 10.2. The number of ether oxygens (including phenoxy) is 2. The van der Waals surface area contributed by atoms with Crippen LogP contribution in [0, 0.1) is 11.3 Å². The minimum atomic E-state index is -0.528. The number of amides is 1. The SMILES string of the molecule is CC(C)(C)OC(=O)N1[C@H]2CO[C@H](C2)[C@@H]1C#N. The Hall–Kier alpha value is -1.28. The van der Waals surface area contributed by atoms with E-state index in [0.29, 0.717) is 6.61 Å². The molecule has 0 saturated carbocycles. The lowest BCUT2D eigenvalue weighted by Crippen LogP contribution is -2.49. The standard InChI is InChI=1S/C11H16N2O3/c1-11(2,3)16-10(14)13-7-4-9(15-6-7)8(13)5-12/h7-9H,4,6H2,1-3H3/t7-,8+,9-/m1/s1. The maximum absolute atomic E-state index is 11.9. The van der Waals surface area contributed by atoms with Crippen LogP contribution in [0.3, 0.4) is 0 Å². The predicted molar refractivity (Wildman–Crippen MR) is 55.6 cm³/mol. The van der Waals surface area contributed by atoms with E-state index in [1.165, 1.54) is 4.90 Å². The molecule has 5 nitrogen and oxygen atoms in total. The zero-order valence-corrected chi connectivity index (χ0v) is 9.77. The molecule has 88 valence electrons. The fourth-order valence-corrected chi connectivity index (χ4v) is 2.18. The van der Waals surface area contributed by atoms with Crippen molar-refractivity contribution in [2.45, 2.75) is 51.0 Å². The van der Waals surface area contributed by atoms with Crippen molar-refractivity contribution in [3.63, 3.8) is 0 Å². The van der Waals surface area contributed by atoms with Crippen LogP contribution < -0.4 is 0 Å². The second kappa shape index (κ2) is 3.63. The molecule has 0 spiro atoms. The van der Waals surface area contributed by atoms with E-state index in [1.54, 1.807) is 0 Å². The lowest BCUT2D eigenvalue weighted by Gasteiger charge is -2.32. The fraction of sp³-hybridized carbons (Fsp3) is 0.818. The number of nitriles is 1. The van der Waals surface area contributed by atoms with E-state index in [4.69, 9.17) is 14.7 Å². The van der Waals surface area contributed by atoms with Crippen molar-refractivity contribution in [3.8, 4) is 6.07 Å². The normalized spacial score (nSPS) is 32.6. The first-order chi connectivity index (χ1) is 7.42. The average molecular weight is 224 g/mol. The topological polar surface area (TPSA) is 62.6 Å². The van der Waals surface area contributed by atoms with Crippen molar-refractivity contribution in [3.05, 3.63) is 0 Å². The number of carbonyl (C=O) groups is 1. The van der Waals surface area contributed by atoms with Crippen molar-refractivity contribution in [1.82, 2.24) is 4.90 Å². The fourth-order valence-electron chi connectivity index (χ4n) is 2.18. The van der Waals surface area contributed by atoms with Crippen LogP contribution in [-0.2, 0) is 9.47 Å². The lowest BCUT2D eigenvalue weighted by molar-refractivity contribution is -0.0230. The van der Waals surface area contributed by atoms with Crippen molar-refractivity contribution < 1.29 is 14.3 Å². The third-order valence-corrected chi connectivity index (χ3v) is 2.79. The molecule has 16 heavy (non-hydrogen) atoms. The second-order valence-corrected chi connectivity index (χ2v) is 5.22. The number of morpholine rings is 1. The van der Waals surface area contributed by atoms with Gasteiger partial charge in [0.05, 0.1) is 24.8 Å². The van der Waals surface area contributed by atoms with Crippen LogP contribution in [0.15, 0.2) is 0 Å². The van der Waals surface area contributed by atoms with E-state index < -0.39 is 17.7 Å². The number of nitrogens with zero attached hydrogens (tertiary/aromatic N) is 2. The van der Waals surface area contributed by atoms with E-state index >= 15 is 0 Å². The second-order valence-electron chi connectivity index (χ2n) is 5.22. The molecule has 2 bridgehead atoms. The van der Waals surface area contributed by atoms with E-state index in [1.807, 2.05) is 20.8 Å². The van der Waals surface area contributed by atoms with Gasteiger partial charge in [-0.05, 0) is 27.2 Å². The first-order valence-corrected chi connectivity index (χ1v) is 5.45. The Kier molecular flexibility index (Phi) is 2.55. The summed E-state index contributed by atoms with van der Waals surface area (Å²) in [6.07, 6.45) is 0.203. The van der Waals surface area contributed by atoms with Gasteiger partial charge in [0.1, 0.15) is 11.6 Å². The van der Waals surface area contributed by atoms with Crippen LogP contribution in [0.4, 0.5) is 4.79 Å². The number of likely N-dealkylation sites (tertiary alicyclic amines) is 1. The van der Waals surface area contributed by atoms with Crippen molar-refractivity contribution >= 4 is 6.09 Å². The smallest absolute Gasteiger partial charge is 0.411 e. The molecule has 2 aliphatic heterocycles. The zero-order valence-electron chi connectivity index (χ0n) is 9.77. The molecule has 0 aromatic rings. The third-order valence-electron chi connectivity index (χ3n) is 2.79. The molecule has 1 amide bonds. The molecule has 2 heterocycles. The molecule has 2 aliphatic rings. The van der Waals surface area contributed by atoms with Crippen LogP contribution in [0.5, 0.6) is 0 Å². The number of rotatable bonds is 0. The maximum atomic E-state index is 11.9. The van der Waals surface area contributed by atoms with Gasteiger partial charge in [0.2, 0.25) is 0 Å². The highest BCUT2D eigenvalue weighted by atomic mass is 16.6. The number of fused-ring (bicyclic) bond motifs is 2. The summed E-state index contributed by atoms with van der Waals surface area (Å²) < 4.78 is 10.7. The molecule has 0 aromatic carbocycles. The van der Waals surface area contributed by atoms with Gasteiger partial charge in [0.15, 0.2) is 0 Å². The van der Waals surface area contributed by atoms with Crippen LogP contribution in [0.25, 0.3) is 0 Å². The summed E-state index contributed by atoms with van der Waals surface area (Å²) in [5, 5.41) is 9.03. The highest BCUT2D eigenvalue weighted by Crippen LogP contribution is 2.34. The summed E-state index contributed by atoms with van der Waals surface area (Å²) in [6, 6.07) is 1.62. The van der Waals surface area contributed by atoms with E-state index in [2.05, 4.69) is 6.07 Å². The molecule has 5 heteroatoms. The van der Waals surface area contributed by atoms with Gasteiger partial charge in [-0.1, -0.05) is 0 Å². The minimum Gasteiger partial charge on any atom is -0.444 e. The molecule has 0 unspecified atom stereocenters. The highest BCUT2D eigenvalue weighted by Gasteiger charge is 2.50. The molecular weight excluding hydrogens is 208 g/mol. The molecule has 3 atom stereocenters. The predicted octanol–water partition coefficient (Wildman–Crippen LogP) is 1.29. The molecular formula is C11H16N2O3. The van der Waals surface area contributed by atoms with Gasteiger partial charge in [-0.25, -0.2) is 4.79 Å². The third kappa shape index (κ3) is 1.85. The number of hydrogen-bond acceptors (Lipinski definition) is 4. The maximum Gasteiger partial charge on any atom is 0.411 e. The van der Waals surface area contributed by atoms with Crippen molar-refractivity contribution in [2.24, 2.45) is 0 Å². The summed E-state index contributed by atoms with van der Waals surface area (Å²) in [7, 11) is 0. The van der Waals surface area contributed by atoms with Crippen LogP contribution >= 0.6 is 0 Å². The molecule has 2 saturated heterocycles. The minimum absolute atomic E-state index is 0.00417. The molecule has 0 aromatic heterocycles. The Morgan fingerprint density at radius 1 is 1.56 bits per heavy atom. The monoisotopic (exact) mass is 224 g/mol. The van der Waals surface area contributed by atoms with Crippen LogP contribution in [0.1, 0.15) is 27.2 Å². The first kappa shape index (κ1) is 11.2.